The van der Waals surface area contributed by atoms with Crippen LogP contribution in [0, 0.1) is 9.39 Å². The number of urea groups is 1. The third-order valence-corrected chi connectivity index (χ3v) is 5.95. The van der Waals surface area contributed by atoms with Gasteiger partial charge in [-0.3, -0.25) is 14.2 Å². The lowest BCUT2D eigenvalue weighted by molar-refractivity contribution is 0.0998. The summed E-state index contributed by atoms with van der Waals surface area (Å²) < 4.78 is 22.2. The number of aromatic nitrogens is 1. The van der Waals surface area contributed by atoms with Gasteiger partial charge in [0, 0.05) is 36.3 Å². The molecule has 0 atom stereocenters. The van der Waals surface area contributed by atoms with E-state index in [0.717, 1.165) is 16.2 Å². The van der Waals surface area contributed by atoms with Crippen molar-refractivity contribution in [2.24, 2.45) is 12.8 Å². The molecule has 0 saturated carbocycles. The number of hydrogen-bond acceptors (Lipinski definition) is 5. The van der Waals surface area contributed by atoms with Crippen LogP contribution >= 0.6 is 22.6 Å². The van der Waals surface area contributed by atoms with Gasteiger partial charge in [0.2, 0.25) is 0 Å². The predicted octanol–water partition coefficient (Wildman–Crippen LogP) is 3.29. The van der Waals surface area contributed by atoms with Crippen molar-refractivity contribution >= 4 is 46.0 Å². The molecule has 1 aromatic heterocycles. The number of hydrogen-bond donors (Lipinski definition) is 3. The van der Waals surface area contributed by atoms with Crippen molar-refractivity contribution in [2.45, 2.75) is 6.54 Å². The number of carbonyl (C=O) groups is 2. The van der Waals surface area contributed by atoms with Crippen LogP contribution in [0.4, 0.5) is 20.7 Å². The van der Waals surface area contributed by atoms with E-state index in [9.17, 15) is 18.8 Å². The molecule has 3 aromatic rings. The van der Waals surface area contributed by atoms with Crippen LogP contribution in [0.15, 0.2) is 53.3 Å². The van der Waals surface area contributed by atoms with Gasteiger partial charge in [-0.25, -0.2) is 9.18 Å². The Morgan fingerprint density at radius 2 is 2.03 bits per heavy atom. The minimum Gasteiger partial charge on any atom is -0.456 e. The Hall–Kier alpha value is -3.61. The van der Waals surface area contributed by atoms with Gasteiger partial charge in [0.15, 0.2) is 0 Å². The molecule has 0 bridgehead atoms. The van der Waals surface area contributed by atoms with Crippen LogP contribution in [0.2, 0.25) is 0 Å². The first-order chi connectivity index (χ1) is 16.2. The number of nitrogens with one attached hydrogen (secondary N) is 2. The zero-order valence-electron chi connectivity index (χ0n) is 18.1. The van der Waals surface area contributed by atoms with E-state index in [1.807, 2.05) is 28.7 Å². The molecule has 176 valence electrons. The van der Waals surface area contributed by atoms with Crippen molar-refractivity contribution in [1.29, 1.82) is 0 Å². The van der Waals surface area contributed by atoms with E-state index in [1.54, 1.807) is 29.2 Å². The van der Waals surface area contributed by atoms with Crippen LogP contribution in [-0.4, -0.2) is 34.5 Å². The lowest BCUT2D eigenvalue weighted by Gasteiger charge is -2.19. The van der Waals surface area contributed by atoms with E-state index in [0.29, 0.717) is 29.0 Å². The number of anilines is 2. The highest BCUT2D eigenvalue weighted by atomic mass is 127. The second kappa shape index (κ2) is 9.71. The number of benzene rings is 2. The molecule has 2 heterocycles. The average Bonchev–Trinajstić information content (AvgIpc) is 3.17. The molecule has 1 aliphatic rings. The molecule has 9 nitrogen and oxygen atoms in total. The number of nitrogens with zero attached hydrogens (tertiary/aromatic N) is 2. The number of amides is 3. The summed E-state index contributed by atoms with van der Waals surface area (Å²) in [6.07, 6.45) is 0. The Morgan fingerprint density at radius 3 is 2.71 bits per heavy atom. The van der Waals surface area contributed by atoms with E-state index in [-0.39, 0.29) is 28.8 Å². The van der Waals surface area contributed by atoms with Gasteiger partial charge in [-0.2, -0.15) is 0 Å². The molecule has 3 amide bonds. The quantitative estimate of drug-likeness (QED) is 0.373. The SMILES string of the molecule is Cn1c(Nc2ccc(I)cc2F)c(C(N)=O)c(Oc2cccc(CN3CCNC3=O)c2)cc1=O. The summed E-state index contributed by atoms with van der Waals surface area (Å²) in [5.74, 6) is -1.14. The highest BCUT2D eigenvalue weighted by molar-refractivity contribution is 14.1. The maximum atomic E-state index is 14.5. The summed E-state index contributed by atoms with van der Waals surface area (Å²) in [5.41, 5.74) is 5.92. The molecule has 1 aliphatic heterocycles. The first-order valence-electron chi connectivity index (χ1n) is 10.3. The van der Waals surface area contributed by atoms with Crippen molar-refractivity contribution < 1.29 is 18.7 Å². The second-order valence-corrected chi connectivity index (χ2v) is 8.89. The molecule has 1 fully saturated rings. The van der Waals surface area contributed by atoms with Crippen LogP contribution in [0.3, 0.4) is 0 Å². The van der Waals surface area contributed by atoms with Crippen LogP contribution < -0.4 is 26.7 Å². The van der Waals surface area contributed by atoms with E-state index in [1.165, 1.54) is 19.2 Å². The van der Waals surface area contributed by atoms with Crippen molar-refractivity contribution in [3.63, 3.8) is 0 Å². The third-order valence-electron chi connectivity index (χ3n) is 5.28. The van der Waals surface area contributed by atoms with Gasteiger partial charge in [0.25, 0.3) is 11.5 Å². The van der Waals surface area contributed by atoms with Crippen LogP contribution in [0.5, 0.6) is 11.5 Å². The number of ether oxygens (including phenoxy) is 1. The van der Waals surface area contributed by atoms with Gasteiger partial charge in [0.1, 0.15) is 28.7 Å². The molecule has 0 radical (unpaired) electrons. The first kappa shape index (κ1) is 23.5. The molecule has 1 saturated heterocycles. The smallest absolute Gasteiger partial charge is 0.317 e. The van der Waals surface area contributed by atoms with Gasteiger partial charge in [0.05, 0.1) is 5.69 Å². The van der Waals surface area contributed by atoms with E-state index in [2.05, 4.69) is 10.6 Å². The predicted molar refractivity (Wildman–Crippen MR) is 133 cm³/mol. The normalized spacial score (nSPS) is 13.0. The van der Waals surface area contributed by atoms with Gasteiger partial charge < -0.3 is 26.0 Å². The van der Waals surface area contributed by atoms with Gasteiger partial charge >= 0.3 is 6.03 Å². The summed E-state index contributed by atoms with van der Waals surface area (Å²) >= 11 is 1.98. The lowest BCUT2D eigenvalue weighted by atomic mass is 10.2. The molecular weight excluding hydrogens is 556 g/mol. The van der Waals surface area contributed by atoms with Crippen molar-refractivity contribution in [1.82, 2.24) is 14.8 Å². The third kappa shape index (κ3) is 4.98. The molecule has 0 unspecified atom stereocenters. The summed E-state index contributed by atoms with van der Waals surface area (Å²) in [6, 6.07) is 12.4. The molecule has 2 aromatic carbocycles. The molecule has 4 rings (SSSR count). The fourth-order valence-corrected chi connectivity index (χ4v) is 4.03. The van der Waals surface area contributed by atoms with Crippen LogP contribution in [-0.2, 0) is 13.6 Å². The van der Waals surface area contributed by atoms with Crippen molar-refractivity contribution in [2.75, 3.05) is 18.4 Å². The number of rotatable bonds is 7. The summed E-state index contributed by atoms with van der Waals surface area (Å²) in [5, 5.41) is 5.54. The topological polar surface area (TPSA) is 119 Å². The number of halogens is 2. The number of pyridine rings is 1. The molecule has 0 aliphatic carbocycles. The highest BCUT2D eigenvalue weighted by Gasteiger charge is 2.23. The standard InChI is InChI=1S/C23H21FIN5O4/c1-29-19(31)11-18(20(21(26)32)22(29)28-17-6-5-14(25)10-16(17)24)34-15-4-2-3-13(9-15)12-30-8-7-27-23(30)33/h2-6,9-11,28H,7-8,12H2,1H3,(H2,26,32)(H,27,33). The van der Waals surface area contributed by atoms with Gasteiger partial charge in [-0.05, 0) is 58.5 Å². The molecule has 34 heavy (non-hydrogen) atoms. The van der Waals surface area contributed by atoms with Crippen LogP contribution in [0.1, 0.15) is 15.9 Å². The maximum Gasteiger partial charge on any atom is 0.317 e. The minimum atomic E-state index is -0.857. The molecule has 11 heteroatoms. The largest absolute Gasteiger partial charge is 0.456 e. The highest BCUT2D eigenvalue weighted by Crippen LogP contribution is 2.32. The van der Waals surface area contributed by atoms with Crippen LogP contribution in [0.25, 0.3) is 0 Å². The molecule has 4 N–H and O–H groups in total. The Labute approximate surface area is 207 Å². The maximum absolute atomic E-state index is 14.5. The molecular formula is C23H21FIN5O4. The van der Waals surface area contributed by atoms with E-state index >= 15 is 0 Å². The Morgan fingerprint density at radius 1 is 1.24 bits per heavy atom. The van der Waals surface area contributed by atoms with Gasteiger partial charge in [-0.1, -0.05) is 12.1 Å². The van der Waals surface area contributed by atoms with E-state index in [4.69, 9.17) is 10.5 Å². The number of primary amides is 1. The van der Waals surface area contributed by atoms with Crippen molar-refractivity contribution in [3.8, 4) is 11.5 Å². The zero-order chi connectivity index (χ0) is 24.4. The lowest BCUT2D eigenvalue weighted by Crippen LogP contribution is -2.27. The minimum absolute atomic E-state index is 0.000000519. The number of nitrogens with two attached hydrogens (primary N) is 1. The fraction of sp³-hybridized carbons (Fsp3) is 0.174. The first-order valence-corrected chi connectivity index (χ1v) is 11.4. The average molecular weight is 577 g/mol. The monoisotopic (exact) mass is 577 g/mol. The summed E-state index contributed by atoms with van der Waals surface area (Å²) in [4.78, 5) is 38.5. The van der Waals surface area contributed by atoms with E-state index < -0.39 is 17.3 Å². The summed E-state index contributed by atoms with van der Waals surface area (Å²) in [7, 11) is 1.44. The van der Waals surface area contributed by atoms with Gasteiger partial charge in [-0.15, -0.1) is 0 Å². The molecule has 0 spiro atoms. The Kier molecular flexibility index (Phi) is 6.72. The summed E-state index contributed by atoms with van der Waals surface area (Å²) in [6.45, 7) is 1.55. The van der Waals surface area contributed by atoms with Crippen molar-refractivity contribution in [3.05, 3.63) is 79.4 Å². The number of carbonyl (C=O) groups excluding carboxylic acids is 2. The Balaban J connectivity index is 1.70. The fourth-order valence-electron chi connectivity index (χ4n) is 3.58. The zero-order valence-corrected chi connectivity index (χ0v) is 20.3. The second-order valence-electron chi connectivity index (χ2n) is 7.65. The Bertz CT molecular complexity index is 1340.